The number of pyridine rings is 1. The van der Waals surface area contributed by atoms with E-state index in [0.29, 0.717) is 12.5 Å². The van der Waals surface area contributed by atoms with Crippen LogP contribution in [0.1, 0.15) is 37.3 Å². The minimum atomic E-state index is -0.0883. The fraction of sp³-hybridized carbons (Fsp3) is 0.273. The van der Waals surface area contributed by atoms with Gasteiger partial charge in [-0.2, -0.15) is 0 Å². The fourth-order valence-electron chi connectivity index (χ4n) is 3.27. The predicted molar refractivity (Wildman–Crippen MR) is 107 cm³/mol. The molecule has 0 spiro atoms. The second-order valence-electron chi connectivity index (χ2n) is 6.87. The van der Waals surface area contributed by atoms with Crippen molar-refractivity contribution in [3.05, 3.63) is 76.1 Å². The highest BCUT2D eigenvalue weighted by atomic mass is 16.1. The maximum atomic E-state index is 12.4. The van der Waals surface area contributed by atoms with E-state index in [0.717, 1.165) is 27.7 Å². The summed E-state index contributed by atoms with van der Waals surface area (Å²) in [5.41, 5.74) is 3.70. The highest BCUT2D eigenvalue weighted by molar-refractivity contribution is 5.91. The van der Waals surface area contributed by atoms with E-state index in [-0.39, 0.29) is 17.9 Å². The van der Waals surface area contributed by atoms with Gasteiger partial charge in [0, 0.05) is 30.1 Å². The van der Waals surface area contributed by atoms with E-state index in [1.54, 1.807) is 10.6 Å². The van der Waals surface area contributed by atoms with Gasteiger partial charge in [-0.25, -0.2) is 0 Å². The molecule has 2 aromatic carbocycles. The molecule has 134 valence electrons. The van der Waals surface area contributed by atoms with Crippen molar-refractivity contribution in [2.75, 3.05) is 5.32 Å². The predicted octanol–water partition coefficient (Wildman–Crippen LogP) is 4.46. The van der Waals surface area contributed by atoms with Gasteiger partial charge in [0.05, 0.1) is 5.52 Å². The van der Waals surface area contributed by atoms with E-state index in [1.807, 2.05) is 55.5 Å². The molecule has 0 aliphatic rings. The minimum Gasteiger partial charge on any atom is -0.326 e. The van der Waals surface area contributed by atoms with Gasteiger partial charge < -0.3 is 9.88 Å². The van der Waals surface area contributed by atoms with Crippen LogP contribution in [-0.4, -0.2) is 10.5 Å². The zero-order valence-corrected chi connectivity index (χ0v) is 15.5. The first kappa shape index (κ1) is 17.9. The Morgan fingerprint density at radius 1 is 1.08 bits per heavy atom. The van der Waals surface area contributed by atoms with E-state index in [4.69, 9.17) is 0 Å². The Morgan fingerprint density at radius 2 is 1.77 bits per heavy atom. The number of hydrogen-bond donors (Lipinski definition) is 1. The van der Waals surface area contributed by atoms with Gasteiger partial charge in [-0.05, 0) is 36.1 Å². The smallest absolute Gasteiger partial charge is 0.251 e. The van der Waals surface area contributed by atoms with Crippen LogP contribution in [0.3, 0.4) is 0 Å². The summed E-state index contributed by atoms with van der Waals surface area (Å²) >= 11 is 0. The average molecular weight is 348 g/mol. The average Bonchev–Trinajstić information content (AvgIpc) is 2.62. The molecule has 0 saturated heterocycles. The SMILES string of the molecule is Cc1cc(=O)n(CCC(=O)Nc2ccccc2C(C)C)c2ccccc12. The Bertz CT molecular complexity index is 1000. The van der Waals surface area contributed by atoms with Crippen molar-refractivity contribution >= 4 is 22.5 Å². The van der Waals surface area contributed by atoms with Crippen molar-refractivity contribution in [1.82, 2.24) is 4.57 Å². The third-order valence-corrected chi connectivity index (χ3v) is 4.65. The van der Waals surface area contributed by atoms with Gasteiger partial charge in [-0.3, -0.25) is 9.59 Å². The van der Waals surface area contributed by atoms with Crippen LogP contribution in [0.4, 0.5) is 5.69 Å². The Labute approximate surface area is 153 Å². The molecule has 0 aliphatic heterocycles. The topological polar surface area (TPSA) is 51.1 Å². The molecular weight excluding hydrogens is 324 g/mol. The number of carbonyl (C=O) groups is 1. The molecule has 0 bridgehead atoms. The lowest BCUT2D eigenvalue weighted by atomic mass is 10.0. The molecule has 1 amide bonds. The van der Waals surface area contributed by atoms with Crippen LogP contribution in [0.15, 0.2) is 59.4 Å². The summed E-state index contributed by atoms with van der Waals surface area (Å²) in [6.45, 7) is 6.49. The lowest BCUT2D eigenvalue weighted by Gasteiger charge is -2.15. The number of hydrogen-bond acceptors (Lipinski definition) is 2. The summed E-state index contributed by atoms with van der Waals surface area (Å²) in [5.74, 6) is 0.241. The molecule has 0 atom stereocenters. The van der Waals surface area contributed by atoms with Crippen molar-refractivity contribution in [2.45, 2.75) is 39.7 Å². The Kier molecular flexibility index (Phi) is 5.21. The Balaban J connectivity index is 1.79. The van der Waals surface area contributed by atoms with Gasteiger partial charge in [0.25, 0.3) is 5.56 Å². The number of para-hydroxylation sites is 2. The maximum Gasteiger partial charge on any atom is 0.251 e. The van der Waals surface area contributed by atoms with E-state index in [1.165, 1.54) is 0 Å². The monoisotopic (exact) mass is 348 g/mol. The molecule has 0 radical (unpaired) electrons. The second-order valence-corrected chi connectivity index (χ2v) is 6.87. The Morgan fingerprint density at radius 3 is 2.54 bits per heavy atom. The number of amides is 1. The maximum absolute atomic E-state index is 12.4. The number of benzene rings is 2. The van der Waals surface area contributed by atoms with Crippen LogP contribution in [-0.2, 0) is 11.3 Å². The molecule has 1 heterocycles. The number of anilines is 1. The van der Waals surface area contributed by atoms with Crippen LogP contribution in [0, 0.1) is 6.92 Å². The summed E-state index contributed by atoms with van der Waals surface area (Å²) in [5, 5.41) is 4.03. The number of aryl methyl sites for hydroxylation is 2. The molecule has 4 heteroatoms. The zero-order chi connectivity index (χ0) is 18.7. The lowest BCUT2D eigenvalue weighted by molar-refractivity contribution is -0.116. The molecule has 0 aliphatic carbocycles. The zero-order valence-electron chi connectivity index (χ0n) is 15.5. The fourth-order valence-corrected chi connectivity index (χ4v) is 3.27. The number of rotatable bonds is 5. The third kappa shape index (κ3) is 3.69. The number of nitrogens with one attached hydrogen (secondary N) is 1. The molecule has 0 saturated carbocycles. The summed E-state index contributed by atoms with van der Waals surface area (Å²) in [4.78, 5) is 24.8. The van der Waals surface area contributed by atoms with E-state index in [2.05, 4.69) is 19.2 Å². The van der Waals surface area contributed by atoms with Crippen LogP contribution in [0.5, 0.6) is 0 Å². The summed E-state index contributed by atoms with van der Waals surface area (Å²) in [6, 6.07) is 17.3. The van der Waals surface area contributed by atoms with Crippen LogP contribution >= 0.6 is 0 Å². The first-order valence-electron chi connectivity index (χ1n) is 8.95. The van der Waals surface area contributed by atoms with Gasteiger partial charge >= 0.3 is 0 Å². The molecular formula is C22H24N2O2. The van der Waals surface area contributed by atoms with Crippen molar-refractivity contribution in [2.24, 2.45) is 0 Å². The molecule has 1 aromatic heterocycles. The van der Waals surface area contributed by atoms with Crippen molar-refractivity contribution < 1.29 is 4.79 Å². The van der Waals surface area contributed by atoms with Gasteiger partial charge in [0.1, 0.15) is 0 Å². The quantitative estimate of drug-likeness (QED) is 0.740. The number of carbonyl (C=O) groups excluding carboxylic acids is 1. The van der Waals surface area contributed by atoms with Crippen molar-refractivity contribution in [1.29, 1.82) is 0 Å². The molecule has 0 fully saturated rings. The Hall–Kier alpha value is -2.88. The standard InChI is InChI=1S/C22H24N2O2/c1-15(2)17-8-4-6-10-19(17)23-21(25)12-13-24-20-11-7-5-9-18(20)16(3)14-22(24)26/h4-11,14-15H,12-13H2,1-3H3,(H,23,25). The number of fused-ring (bicyclic) bond motifs is 1. The van der Waals surface area contributed by atoms with E-state index in [9.17, 15) is 9.59 Å². The number of aromatic nitrogens is 1. The number of nitrogens with zero attached hydrogens (tertiary/aromatic N) is 1. The minimum absolute atomic E-state index is 0.0726. The molecule has 3 aromatic rings. The molecule has 0 unspecified atom stereocenters. The van der Waals surface area contributed by atoms with Crippen LogP contribution in [0.25, 0.3) is 10.9 Å². The van der Waals surface area contributed by atoms with Gasteiger partial charge in [-0.1, -0.05) is 50.2 Å². The lowest BCUT2D eigenvalue weighted by Crippen LogP contribution is -2.23. The van der Waals surface area contributed by atoms with Gasteiger partial charge in [0.2, 0.25) is 5.91 Å². The van der Waals surface area contributed by atoms with Crippen molar-refractivity contribution in [3.63, 3.8) is 0 Å². The van der Waals surface area contributed by atoms with Gasteiger partial charge in [-0.15, -0.1) is 0 Å². The highest BCUT2D eigenvalue weighted by Gasteiger charge is 2.11. The molecule has 26 heavy (non-hydrogen) atoms. The highest BCUT2D eigenvalue weighted by Crippen LogP contribution is 2.24. The van der Waals surface area contributed by atoms with Crippen LogP contribution < -0.4 is 10.9 Å². The first-order chi connectivity index (χ1) is 12.5. The molecule has 3 rings (SSSR count). The summed E-state index contributed by atoms with van der Waals surface area (Å²) in [6.07, 6.45) is 0.249. The first-order valence-corrected chi connectivity index (χ1v) is 8.95. The third-order valence-electron chi connectivity index (χ3n) is 4.65. The largest absolute Gasteiger partial charge is 0.326 e. The normalized spacial score (nSPS) is 11.1. The summed E-state index contributed by atoms with van der Waals surface area (Å²) in [7, 11) is 0. The van der Waals surface area contributed by atoms with Crippen molar-refractivity contribution in [3.8, 4) is 0 Å². The molecule has 4 nitrogen and oxygen atoms in total. The molecule has 1 N–H and O–H groups in total. The van der Waals surface area contributed by atoms with Gasteiger partial charge in [0.15, 0.2) is 0 Å². The summed E-state index contributed by atoms with van der Waals surface area (Å²) < 4.78 is 1.68. The van der Waals surface area contributed by atoms with E-state index < -0.39 is 0 Å². The van der Waals surface area contributed by atoms with Crippen LogP contribution in [0.2, 0.25) is 0 Å². The second kappa shape index (κ2) is 7.56. The van der Waals surface area contributed by atoms with E-state index >= 15 is 0 Å².